The lowest BCUT2D eigenvalue weighted by atomic mass is 10.3. The smallest absolute Gasteiger partial charge is 0.223 e. The second-order valence-electron chi connectivity index (χ2n) is 1.74. The summed E-state index contributed by atoms with van der Waals surface area (Å²) in [6, 6.07) is 0. The van der Waals surface area contributed by atoms with Gasteiger partial charge in [-0.1, -0.05) is 0 Å². The van der Waals surface area contributed by atoms with Crippen molar-refractivity contribution in [3.63, 3.8) is 0 Å². The average Bonchev–Trinajstić information content (AvgIpc) is 1.98. The van der Waals surface area contributed by atoms with Crippen molar-refractivity contribution >= 4 is 12.2 Å². The summed E-state index contributed by atoms with van der Waals surface area (Å²) in [5, 5.41) is 2.66. The lowest BCUT2D eigenvalue weighted by Crippen LogP contribution is -1.70. The molecule has 44 valence electrons. The summed E-state index contributed by atoms with van der Waals surface area (Å²) in [5.74, 6) is 0. The van der Waals surface area contributed by atoms with E-state index in [9.17, 15) is 0 Å². The Morgan fingerprint density at radius 2 is 2.12 bits per heavy atom. The number of H-pyrrole nitrogens is 1. The van der Waals surface area contributed by atoms with Crippen molar-refractivity contribution in [3.05, 3.63) is 16.0 Å². The Balaban J connectivity index is 3.41. The van der Waals surface area contributed by atoms with Crippen LogP contribution in [0, 0.1) is 18.6 Å². The molecule has 0 saturated heterocycles. The van der Waals surface area contributed by atoms with Crippen molar-refractivity contribution in [3.8, 4) is 0 Å². The molecule has 0 radical (unpaired) electrons. The van der Waals surface area contributed by atoms with Crippen LogP contribution in [0.4, 0.5) is 0 Å². The summed E-state index contributed by atoms with van der Waals surface area (Å²) in [6.45, 7) is 3.85. The van der Waals surface area contributed by atoms with Crippen LogP contribution in [0.15, 0.2) is 4.52 Å². The van der Waals surface area contributed by atoms with Crippen LogP contribution in [0.2, 0.25) is 0 Å². The maximum absolute atomic E-state index is 4.78. The van der Waals surface area contributed by atoms with Gasteiger partial charge in [0.15, 0.2) is 0 Å². The van der Waals surface area contributed by atoms with Gasteiger partial charge in [-0.25, -0.2) is 5.16 Å². The lowest BCUT2D eigenvalue weighted by molar-refractivity contribution is 0.403. The highest BCUT2D eigenvalue weighted by molar-refractivity contribution is 7.71. The summed E-state index contributed by atoms with van der Waals surface area (Å²) in [7, 11) is 0. The molecule has 0 aliphatic heterocycles. The van der Waals surface area contributed by atoms with E-state index in [4.69, 9.17) is 16.7 Å². The molecule has 0 amide bonds. The first-order chi connectivity index (χ1) is 3.72. The minimum absolute atomic E-state index is 0.558. The molecule has 0 saturated carbocycles. The van der Waals surface area contributed by atoms with E-state index < -0.39 is 0 Å². The zero-order chi connectivity index (χ0) is 6.15. The van der Waals surface area contributed by atoms with Gasteiger partial charge in [-0.15, -0.1) is 0 Å². The van der Waals surface area contributed by atoms with Gasteiger partial charge >= 0.3 is 0 Å². The number of hydrogen-bond donors (Lipinski definition) is 1. The minimum atomic E-state index is 0.558. The summed E-state index contributed by atoms with van der Waals surface area (Å²) < 4.78 is 5.34. The molecule has 1 rings (SSSR count). The van der Waals surface area contributed by atoms with Crippen LogP contribution in [-0.2, 0) is 0 Å². The maximum Gasteiger partial charge on any atom is 0.223 e. The zero-order valence-electron chi connectivity index (χ0n) is 4.82. The van der Waals surface area contributed by atoms with Gasteiger partial charge in [0, 0.05) is 5.56 Å². The molecule has 8 heavy (non-hydrogen) atoms. The fraction of sp³-hybridized carbons (Fsp3) is 0.400. The average molecular weight is 129 g/mol. The molecule has 0 bridgehead atoms. The Labute approximate surface area is 52.5 Å². The third kappa shape index (κ3) is 0.690. The van der Waals surface area contributed by atoms with E-state index in [1.807, 2.05) is 13.8 Å². The largest absolute Gasteiger partial charge is 0.370 e. The zero-order valence-corrected chi connectivity index (χ0v) is 5.63. The van der Waals surface area contributed by atoms with Gasteiger partial charge in [-0.3, -0.25) is 0 Å². The summed E-state index contributed by atoms with van der Waals surface area (Å²) in [6.07, 6.45) is 0. The summed E-state index contributed by atoms with van der Waals surface area (Å²) >= 11 is 4.78. The first kappa shape index (κ1) is 5.56. The molecular weight excluding hydrogens is 122 g/mol. The van der Waals surface area contributed by atoms with E-state index >= 15 is 0 Å². The fourth-order valence-corrected chi connectivity index (χ4v) is 0.624. The van der Waals surface area contributed by atoms with E-state index in [1.54, 1.807) is 0 Å². The first-order valence-corrected chi connectivity index (χ1v) is 2.77. The van der Waals surface area contributed by atoms with Gasteiger partial charge in [0.2, 0.25) is 4.71 Å². The van der Waals surface area contributed by atoms with Crippen molar-refractivity contribution in [2.75, 3.05) is 0 Å². The number of hydrogen-bond acceptors (Lipinski definition) is 2. The van der Waals surface area contributed by atoms with E-state index in [2.05, 4.69) is 5.16 Å². The Morgan fingerprint density at radius 1 is 1.50 bits per heavy atom. The molecule has 0 atom stereocenters. The van der Waals surface area contributed by atoms with Crippen LogP contribution in [0.25, 0.3) is 0 Å². The predicted octanol–water partition coefficient (Wildman–Crippen LogP) is 1.95. The molecule has 3 heteroatoms. The topological polar surface area (TPSA) is 28.9 Å². The van der Waals surface area contributed by atoms with Crippen LogP contribution in [0.5, 0.6) is 0 Å². The van der Waals surface area contributed by atoms with Gasteiger partial charge in [0.05, 0.1) is 5.69 Å². The van der Waals surface area contributed by atoms with Crippen LogP contribution in [0.3, 0.4) is 0 Å². The second-order valence-corrected chi connectivity index (χ2v) is 2.11. The standard InChI is InChI=1S/C5H7NOS/c1-3-4(2)6-7-5(3)8/h6H,1-2H3. The first-order valence-electron chi connectivity index (χ1n) is 2.36. The Morgan fingerprint density at radius 3 is 2.25 bits per heavy atom. The number of aromatic amines is 1. The summed E-state index contributed by atoms with van der Waals surface area (Å²) in [4.78, 5) is 0. The number of aryl methyl sites for hydroxylation is 1. The minimum Gasteiger partial charge on any atom is -0.370 e. The predicted molar refractivity (Wildman–Crippen MR) is 33.4 cm³/mol. The molecule has 0 aliphatic rings. The molecule has 1 aromatic heterocycles. The second kappa shape index (κ2) is 1.74. The van der Waals surface area contributed by atoms with E-state index in [-0.39, 0.29) is 0 Å². The van der Waals surface area contributed by atoms with E-state index in [0.29, 0.717) is 4.71 Å². The van der Waals surface area contributed by atoms with Gasteiger partial charge in [-0.2, -0.15) is 0 Å². The van der Waals surface area contributed by atoms with Crippen molar-refractivity contribution < 1.29 is 4.52 Å². The third-order valence-electron chi connectivity index (χ3n) is 1.17. The van der Waals surface area contributed by atoms with Crippen LogP contribution in [-0.4, -0.2) is 5.16 Å². The molecule has 0 unspecified atom stereocenters. The van der Waals surface area contributed by atoms with Crippen LogP contribution < -0.4 is 0 Å². The van der Waals surface area contributed by atoms with Crippen LogP contribution >= 0.6 is 12.2 Å². The van der Waals surface area contributed by atoms with E-state index in [1.165, 1.54) is 0 Å². The Bertz CT molecular complexity index is 235. The monoisotopic (exact) mass is 129 g/mol. The molecule has 0 aromatic carbocycles. The quantitative estimate of drug-likeness (QED) is 0.542. The molecular formula is C5H7NOS. The highest BCUT2D eigenvalue weighted by Gasteiger charge is 1.94. The number of nitrogens with one attached hydrogen (secondary N) is 1. The number of rotatable bonds is 0. The Kier molecular flexibility index (Phi) is 1.21. The van der Waals surface area contributed by atoms with Crippen molar-refractivity contribution in [1.82, 2.24) is 5.16 Å². The SMILES string of the molecule is Cc1[nH]oc(=S)c1C. The van der Waals surface area contributed by atoms with Crippen LogP contribution in [0.1, 0.15) is 11.3 Å². The highest BCUT2D eigenvalue weighted by atomic mass is 32.1. The molecule has 1 heterocycles. The molecule has 0 spiro atoms. The molecule has 1 N–H and O–H groups in total. The highest BCUT2D eigenvalue weighted by Crippen LogP contribution is 2.04. The normalized spacial score (nSPS) is 9.75. The fourth-order valence-electron chi connectivity index (χ4n) is 0.429. The lowest BCUT2D eigenvalue weighted by Gasteiger charge is -1.76. The molecule has 2 nitrogen and oxygen atoms in total. The van der Waals surface area contributed by atoms with E-state index in [0.717, 1.165) is 11.3 Å². The molecule has 1 aromatic rings. The number of aromatic nitrogens is 1. The molecule has 0 aliphatic carbocycles. The van der Waals surface area contributed by atoms with Gasteiger partial charge in [0.1, 0.15) is 0 Å². The van der Waals surface area contributed by atoms with Crippen molar-refractivity contribution in [1.29, 1.82) is 0 Å². The van der Waals surface area contributed by atoms with Crippen molar-refractivity contribution in [2.24, 2.45) is 0 Å². The maximum atomic E-state index is 4.78. The van der Waals surface area contributed by atoms with Gasteiger partial charge < -0.3 is 4.52 Å². The molecule has 0 fully saturated rings. The van der Waals surface area contributed by atoms with Gasteiger partial charge in [-0.05, 0) is 26.1 Å². The van der Waals surface area contributed by atoms with Crippen molar-refractivity contribution in [2.45, 2.75) is 13.8 Å². The Hall–Kier alpha value is -0.570. The third-order valence-corrected chi connectivity index (χ3v) is 1.56. The summed E-state index contributed by atoms with van der Waals surface area (Å²) in [5.41, 5.74) is 2.04. The van der Waals surface area contributed by atoms with Gasteiger partial charge in [0.25, 0.3) is 0 Å².